The van der Waals surface area contributed by atoms with Crippen LogP contribution in [0.1, 0.15) is 13.3 Å². The lowest BCUT2D eigenvalue weighted by Gasteiger charge is -2.26. The van der Waals surface area contributed by atoms with Crippen LogP contribution >= 0.6 is 0 Å². The summed E-state index contributed by atoms with van der Waals surface area (Å²) in [6.45, 7) is 7.78. The Morgan fingerprint density at radius 1 is 1.12 bits per heavy atom. The molecule has 182 valence electrons. The van der Waals surface area contributed by atoms with Gasteiger partial charge < -0.3 is 25.0 Å². The number of nitrogens with zero attached hydrogens (tertiary/aromatic N) is 6. The number of hydrogen-bond acceptors (Lipinski definition) is 11. The molecule has 0 amide bonds. The monoisotopic (exact) mass is 471 g/mol. The van der Waals surface area contributed by atoms with Crippen LogP contribution in [0.3, 0.4) is 0 Å². The summed E-state index contributed by atoms with van der Waals surface area (Å²) in [7, 11) is 0. The first-order valence-electron chi connectivity index (χ1n) is 11.4. The van der Waals surface area contributed by atoms with E-state index in [9.17, 15) is 15.0 Å². The normalized spacial score (nSPS) is 14.5. The van der Waals surface area contributed by atoms with Crippen LogP contribution in [0.15, 0.2) is 23.1 Å². The van der Waals surface area contributed by atoms with E-state index in [1.54, 1.807) is 12.1 Å². The number of anilines is 1. The van der Waals surface area contributed by atoms with Gasteiger partial charge in [-0.3, -0.25) is 14.3 Å². The van der Waals surface area contributed by atoms with Crippen LogP contribution in [-0.4, -0.2) is 92.2 Å². The molecule has 0 saturated carbocycles. The molecule has 0 atom stereocenters. The van der Waals surface area contributed by atoms with E-state index in [1.165, 1.54) is 10.8 Å². The highest BCUT2D eigenvalue weighted by molar-refractivity contribution is 5.77. The van der Waals surface area contributed by atoms with Crippen molar-refractivity contribution in [2.45, 2.75) is 19.9 Å². The minimum absolute atomic E-state index is 0.230. The van der Waals surface area contributed by atoms with Gasteiger partial charge in [0.25, 0.3) is 5.56 Å². The SMILES string of the molecule is CCCOCCn1c(=O)c(NCCN2CCOCC2)nc2ccc(-c3cnc(O)nc3O)nc21. The number of morpholine rings is 1. The van der Waals surface area contributed by atoms with E-state index in [2.05, 4.69) is 30.2 Å². The second-order valence-electron chi connectivity index (χ2n) is 7.86. The summed E-state index contributed by atoms with van der Waals surface area (Å²) in [5, 5.41) is 22.7. The first-order chi connectivity index (χ1) is 16.6. The maximum Gasteiger partial charge on any atom is 0.317 e. The van der Waals surface area contributed by atoms with Crippen LogP contribution in [0, 0.1) is 0 Å². The Morgan fingerprint density at radius 2 is 1.94 bits per heavy atom. The maximum atomic E-state index is 13.3. The van der Waals surface area contributed by atoms with Gasteiger partial charge >= 0.3 is 6.01 Å². The summed E-state index contributed by atoms with van der Waals surface area (Å²) in [5.41, 5.74) is 1.15. The molecular formula is C22H29N7O5. The third-order valence-corrected chi connectivity index (χ3v) is 5.45. The van der Waals surface area contributed by atoms with Crippen molar-refractivity contribution in [1.29, 1.82) is 0 Å². The summed E-state index contributed by atoms with van der Waals surface area (Å²) < 4.78 is 12.5. The van der Waals surface area contributed by atoms with E-state index in [0.717, 1.165) is 26.1 Å². The molecule has 1 fully saturated rings. The summed E-state index contributed by atoms with van der Waals surface area (Å²) in [6.07, 6.45) is 2.15. The lowest BCUT2D eigenvalue weighted by atomic mass is 10.2. The number of aromatic nitrogens is 5. The third kappa shape index (κ3) is 5.58. The van der Waals surface area contributed by atoms with E-state index in [1.807, 2.05) is 6.92 Å². The van der Waals surface area contributed by atoms with Crippen LogP contribution in [-0.2, 0) is 16.0 Å². The minimum Gasteiger partial charge on any atom is -0.493 e. The number of nitrogens with one attached hydrogen (secondary N) is 1. The number of fused-ring (bicyclic) bond motifs is 1. The molecule has 12 heteroatoms. The van der Waals surface area contributed by atoms with Crippen LogP contribution in [0.4, 0.5) is 5.82 Å². The van der Waals surface area contributed by atoms with Crippen LogP contribution in [0.2, 0.25) is 0 Å². The zero-order valence-corrected chi connectivity index (χ0v) is 19.1. The van der Waals surface area contributed by atoms with Crippen molar-refractivity contribution >= 4 is 17.0 Å². The maximum absolute atomic E-state index is 13.3. The highest BCUT2D eigenvalue weighted by Crippen LogP contribution is 2.27. The summed E-state index contributed by atoms with van der Waals surface area (Å²) in [6, 6.07) is 2.84. The van der Waals surface area contributed by atoms with Gasteiger partial charge in [0.1, 0.15) is 5.52 Å². The molecule has 4 rings (SSSR count). The van der Waals surface area contributed by atoms with Crippen molar-refractivity contribution in [1.82, 2.24) is 29.4 Å². The van der Waals surface area contributed by atoms with Gasteiger partial charge in [-0.05, 0) is 18.6 Å². The molecule has 0 bridgehead atoms. The van der Waals surface area contributed by atoms with E-state index in [4.69, 9.17) is 9.47 Å². The molecule has 3 aromatic heterocycles. The van der Waals surface area contributed by atoms with Crippen molar-refractivity contribution in [2.24, 2.45) is 0 Å². The second-order valence-corrected chi connectivity index (χ2v) is 7.86. The first kappa shape index (κ1) is 23.8. The second kappa shape index (κ2) is 11.2. The molecule has 3 N–H and O–H groups in total. The Morgan fingerprint density at radius 3 is 2.71 bits per heavy atom. The van der Waals surface area contributed by atoms with Crippen molar-refractivity contribution in [3.05, 3.63) is 28.7 Å². The molecule has 3 aromatic rings. The Labute approximate surface area is 196 Å². The molecular weight excluding hydrogens is 442 g/mol. The first-order valence-corrected chi connectivity index (χ1v) is 11.4. The van der Waals surface area contributed by atoms with Gasteiger partial charge in [-0.15, -0.1) is 0 Å². The lowest BCUT2D eigenvalue weighted by Crippen LogP contribution is -2.39. The molecule has 0 spiro atoms. The van der Waals surface area contributed by atoms with Gasteiger partial charge in [0.15, 0.2) is 11.5 Å². The summed E-state index contributed by atoms with van der Waals surface area (Å²) in [4.78, 5) is 31.9. The van der Waals surface area contributed by atoms with Crippen molar-refractivity contribution in [2.75, 3.05) is 57.9 Å². The molecule has 12 nitrogen and oxygen atoms in total. The molecule has 0 aliphatic carbocycles. The Kier molecular flexibility index (Phi) is 7.83. The zero-order valence-electron chi connectivity index (χ0n) is 19.1. The topological polar surface area (TPSA) is 148 Å². The Hall–Kier alpha value is -3.35. The molecule has 0 aromatic carbocycles. The number of aromatic hydroxyl groups is 2. The average molecular weight is 472 g/mol. The van der Waals surface area contributed by atoms with Gasteiger partial charge in [-0.25, -0.2) is 15.0 Å². The van der Waals surface area contributed by atoms with Gasteiger partial charge in [0.2, 0.25) is 5.88 Å². The van der Waals surface area contributed by atoms with Gasteiger partial charge in [0.05, 0.1) is 37.6 Å². The Balaban J connectivity index is 1.64. The Bertz CT molecular complexity index is 1180. The smallest absolute Gasteiger partial charge is 0.317 e. The standard InChI is InChI=1S/C22H29N7O5/c1-2-10-33-13-9-29-19-17(4-3-16(26-19)15-14-24-22(32)27-20(15)30)25-18(21(29)31)23-5-6-28-7-11-34-12-8-28/h3-4,14H,2,5-13H2,1H3,(H,23,25)(H2,24,27,30,32). The van der Waals surface area contributed by atoms with Gasteiger partial charge in [-0.2, -0.15) is 4.98 Å². The fraction of sp³-hybridized carbons (Fsp3) is 0.500. The summed E-state index contributed by atoms with van der Waals surface area (Å²) >= 11 is 0. The average Bonchev–Trinajstić information content (AvgIpc) is 2.84. The molecule has 1 aliphatic heterocycles. The van der Waals surface area contributed by atoms with Crippen LogP contribution < -0.4 is 10.9 Å². The zero-order chi connectivity index (χ0) is 23.9. The summed E-state index contributed by atoms with van der Waals surface area (Å²) in [5.74, 6) is -0.157. The van der Waals surface area contributed by atoms with Crippen LogP contribution in [0.25, 0.3) is 22.4 Å². The molecule has 4 heterocycles. The lowest BCUT2D eigenvalue weighted by molar-refractivity contribution is 0.0398. The predicted octanol–water partition coefficient (Wildman–Crippen LogP) is 0.830. The molecule has 34 heavy (non-hydrogen) atoms. The minimum atomic E-state index is -0.540. The third-order valence-electron chi connectivity index (χ3n) is 5.45. The highest BCUT2D eigenvalue weighted by atomic mass is 16.5. The van der Waals surface area contributed by atoms with Crippen LogP contribution in [0.5, 0.6) is 11.9 Å². The number of hydrogen-bond donors (Lipinski definition) is 3. The van der Waals surface area contributed by atoms with Crippen molar-refractivity contribution in [3.8, 4) is 23.1 Å². The highest BCUT2D eigenvalue weighted by Gasteiger charge is 2.16. The molecule has 1 aliphatic rings. The number of rotatable bonds is 10. The van der Waals surface area contributed by atoms with Gasteiger partial charge in [-0.1, -0.05) is 6.92 Å². The molecule has 0 radical (unpaired) electrons. The predicted molar refractivity (Wildman–Crippen MR) is 125 cm³/mol. The largest absolute Gasteiger partial charge is 0.493 e. The van der Waals surface area contributed by atoms with E-state index < -0.39 is 11.9 Å². The number of ether oxygens (including phenoxy) is 2. The number of pyridine rings is 1. The molecule has 1 saturated heterocycles. The fourth-order valence-corrected chi connectivity index (χ4v) is 3.70. The molecule has 0 unspecified atom stereocenters. The van der Waals surface area contributed by atoms with Crippen molar-refractivity contribution < 1.29 is 19.7 Å². The van der Waals surface area contributed by atoms with E-state index in [-0.39, 0.29) is 16.9 Å². The van der Waals surface area contributed by atoms with E-state index in [0.29, 0.717) is 56.4 Å². The van der Waals surface area contributed by atoms with E-state index >= 15 is 0 Å². The van der Waals surface area contributed by atoms with Gasteiger partial charge in [0, 0.05) is 39.0 Å². The fourth-order valence-electron chi connectivity index (χ4n) is 3.70. The quantitative estimate of drug-likeness (QED) is 0.361. The van der Waals surface area contributed by atoms with Crippen molar-refractivity contribution in [3.63, 3.8) is 0 Å².